The first-order valence-electron chi connectivity index (χ1n) is 6.37. The SMILES string of the molecule is CC1=CC(C(C)c2ccccc2)CC(C)C1=O. The molecule has 1 heteroatoms. The lowest BCUT2D eigenvalue weighted by Gasteiger charge is -2.28. The highest BCUT2D eigenvalue weighted by molar-refractivity contribution is 5.97. The highest BCUT2D eigenvalue weighted by Gasteiger charge is 2.28. The van der Waals surface area contributed by atoms with Gasteiger partial charge in [0.2, 0.25) is 0 Å². The van der Waals surface area contributed by atoms with E-state index in [1.165, 1.54) is 5.56 Å². The van der Waals surface area contributed by atoms with Crippen molar-refractivity contribution in [3.8, 4) is 0 Å². The van der Waals surface area contributed by atoms with Gasteiger partial charge in [0, 0.05) is 5.92 Å². The van der Waals surface area contributed by atoms with Crippen molar-refractivity contribution in [1.82, 2.24) is 0 Å². The second-order valence-corrected chi connectivity index (χ2v) is 5.21. The predicted molar refractivity (Wildman–Crippen MR) is 70.9 cm³/mol. The zero-order valence-corrected chi connectivity index (χ0v) is 10.8. The highest BCUT2D eigenvalue weighted by Crippen LogP contribution is 2.35. The van der Waals surface area contributed by atoms with E-state index in [1.807, 2.05) is 19.9 Å². The van der Waals surface area contributed by atoms with Gasteiger partial charge in [-0.3, -0.25) is 4.79 Å². The predicted octanol–water partition coefficient (Wildman–Crippen LogP) is 3.96. The highest BCUT2D eigenvalue weighted by atomic mass is 16.1. The van der Waals surface area contributed by atoms with Crippen LogP contribution in [0.2, 0.25) is 0 Å². The van der Waals surface area contributed by atoms with E-state index >= 15 is 0 Å². The average Bonchev–Trinajstić information content (AvgIpc) is 2.35. The molecule has 0 bridgehead atoms. The van der Waals surface area contributed by atoms with Crippen molar-refractivity contribution in [3.63, 3.8) is 0 Å². The van der Waals surface area contributed by atoms with Crippen molar-refractivity contribution < 1.29 is 4.79 Å². The molecule has 1 aromatic carbocycles. The van der Waals surface area contributed by atoms with Crippen LogP contribution >= 0.6 is 0 Å². The van der Waals surface area contributed by atoms with E-state index in [2.05, 4.69) is 37.3 Å². The van der Waals surface area contributed by atoms with Gasteiger partial charge in [0.25, 0.3) is 0 Å². The van der Waals surface area contributed by atoms with Gasteiger partial charge in [0.15, 0.2) is 5.78 Å². The minimum Gasteiger partial charge on any atom is -0.294 e. The molecule has 0 spiro atoms. The third-order valence-corrected chi connectivity index (χ3v) is 3.89. The normalized spacial score (nSPS) is 26.5. The molecule has 2 rings (SSSR count). The molecule has 0 aromatic heterocycles. The lowest BCUT2D eigenvalue weighted by molar-refractivity contribution is -0.119. The van der Waals surface area contributed by atoms with Gasteiger partial charge in [-0.25, -0.2) is 0 Å². The Balaban J connectivity index is 2.22. The lowest BCUT2D eigenvalue weighted by Crippen LogP contribution is -2.24. The number of hydrogen-bond acceptors (Lipinski definition) is 1. The summed E-state index contributed by atoms with van der Waals surface area (Å²) in [7, 11) is 0. The molecule has 90 valence electrons. The molecule has 0 N–H and O–H groups in total. The van der Waals surface area contributed by atoms with Crippen molar-refractivity contribution in [2.45, 2.75) is 33.1 Å². The van der Waals surface area contributed by atoms with Crippen LogP contribution in [0.3, 0.4) is 0 Å². The smallest absolute Gasteiger partial charge is 0.161 e. The Hall–Kier alpha value is -1.37. The molecule has 0 fully saturated rings. The Morgan fingerprint density at radius 3 is 2.47 bits per heavy atom. The molecule has 0 amide bonds. The van der Waals surface area contributed by atoms with Crippen LogP contribution in [0.15, 0.2) is 42.0 Å². The third-order valence-electron chi connectivity index (χ3n) is 3.89. The van der Waals surface area contributed by atoms with Crippen LogP contribution in [0.4, 0.5) is 0 Å². The molecule has 0 radical (unpaired) electrons. The van der Waals surface area contributed by atoms with Crippen molar-refractivity contribution in [2.24, 2.45) is 11.8 Å². The summed E-state index contributed by atoms with van der Waals surface area (Å²) in [6.07, 6.45) is 3.15. The molecule has 3 atom stereocenters. The molecule has 1 aliphatic rings. The summed E-state index contributed by atoms with van der Waals surface area (Å²) in [5.41, 5.74) is 2.31. The Morgan fingerprint density at radius 2 is 1.88 bits per heavy atom. The van der Waals surface area contributed by atoms with E-state index in [1.54, 1.807) is 0 Å². The van der Waals surface area contributed by atoms with Crippen LogP contribution < -0.4 is 0 Å². The Kier molecular flexibility index (Phi) is 3.46. The zero-order valence-electron chi connectivity index (χ0n) is 10.8. The first kappa shape index (κ1) is 12.1. The maximum absolute atomic E-state index is 11.8. The molecule has 3 unspecified atom stereocenters. The summed E-state index contributed by atoms with van der Waals surface area (Å²) in [5, 5.41) is 0. The van der Waals surface area contributed by atoms with Gasteiger partial charge in [-0.2, -0.15) is 0 Å². The fraction of sp³-hybridized carbons (Fsp3) is 0.438. The maximum Gasteiger partial charge on any atom is 0.161 e. The molecular formula is C16H20O. The van der Waals surface area contributed by atoms with Crippen LogP contribution in [-0.2, 0) is 4.79 Å². The van der Waals surface area contributed by atoms with E-state index in [9.17, 15) is 4.79 Å². The topological polar surface area (TPSA) is 17.1 Å². The third kappa shape index (κ3) is 2.49. The molecule has 0 saturated carbocycles. The largest absolute Gasteiger partial charge is 0.294 e. The average molecular weight is 228 g/mol. The number of allylic oxidation sites excluding steroid dienone is 2. The van der Waals surface area contributed by atoms with Crippen molar-refractivity contribution >= 4 is 5.78 Å². The summed E-state index contributed by atoms with van der Waals surface area (Å²) >= 11 is 0. The minimum atomic E-state index is 0.177. The van der Waals surface area contributed by atoms with Crippen LogP contribution in [-0.4, -0.2) is 5.78 Å². The molecule has 0 aliphatic heterocycles. The van der Waals surface area contributed by atoms with Crippen LogP contribution in [0.1, 0.15) is 38.7 Å². The molecule has 1 aromatic rings. The molecular weight excluding hydrogens is 208 g/mol. The number of hydrogen-bond donors (Lipinski definition) is 0. The van der Waals surface area contributed by atoms with Gasteiger partial charge in [-0.05, 0) is 36.3 Å². The van der Waals surface area contributed by atoms with Crippen LogP contribution in [0.5, 0.6) is 0 Å². The summed E-state index contributed by atoms with van der Waals surface area (Å²) in [6, 6.07) is 10.6. The number of ketones is 1. The van der Waals surface area contributed by atoms with E-state index in [0.29, 0.717) is 17.6 Å². The monoisotopic (exact) mass is 228 g/mol. The van der Waals surface area contributed by atoms with Crippen molar-refractivity contribution in [1.29, 1.82) is 0 Å². The summed E-state index contributed by atoms with van der Waals surface area (Å²) in [6.45, 7) is 6.25. The first-order chi connectivity index (χ1) is 8.09. The minimum absolute atomic E-state index is 0.177. The standard InChI is InChI=1S/C16H20O/c1-11-9-15(10-12(2)16(11)17)13(3)14-7-5-4-6-8-14/h4-9,12-13,15H,10H2,1-3H3. The van der Waals surface area contributed by atoms with E-state index in [0.717, 1.165) is 12.0 Å². The van der Waals surface area contributed by atoms with Crippen LogP contribution in [0, 0.1) is 11.8 Å². The van der Waals surface area contributed by atoms with E-state index in [-0.39, 0.29) is 5.92 Å². The second-order valence-electron chi connectivity index (χ2n) is 5.21. The second kappa shape index (κ2) is 4.87. The molecule has 0 heterocycles. The number of carbonyl (C=O) groups excluding carboxylic acids is 1. The quantitative estimate of drug-likeness (QED) is 0.748. The van der Waals surface area contributed by atoms with E-state index < -0.39 is 0 Å². The van der Waals surface area contributed by atoms with Gasteiger partial charge < -0.3 is 0 Å². The van der Waals surface area contributed by atoms with Gasteiger partial charge in [0.1, 0.15) is 0 Å². The fourth-order valence-corrected chi connectivity index (χ4v) is 2.73. The number of carbonyl (C=O) groups is 1. The summed E-state index contributed by atoms with van der Waals surface area (Å²) in [4.78, 5) is 11.8. The Labute approximate surface area is 104 Å². The Bertz CT molecular complexity index is 430. The maximum atomic E-state index is 11.8. The van der Waals surface area contributed by atoms with Gasteiger partial charge in [0.05, 0.1) is 0 Å². The number of rotatable bonds is 2. The molecule has 0 saturated heterocycles. The number of Topliss-reactive ketones (excluding diaryl/α,β-unsaturated/α-hetero) is 1. The fourth-order valence-electron chi connectivity index (χ4n) is 2.73. The van der Waals surface area contributed by atoms with E-state index in [4.69, 9.17) is 0 Å². The molecule has 1 nitrogen and oxygen atoms in total. The Morgan fingerprint density at radius 1 is 1.24 bits per heavy atom. The molecule has 17 heavy (non-hydrogen) atoms. The van der Waals surface area contributed by atoms with Crippen LogP contribution in [0.25, 0.3) is 0 Å². The van der Waals surface area contributed by atoms with Gasteiger partial charge >= 0.3 is 0 Å². The first-order valence-corrected chi connectivity index (χ1v) is 6.37. The van der Waals surface area contributed by atoms with Gasteiger partial charge in [-0.15, -0.1) is 0 Å². The molecule has 1 aliphatic carbocycles. The van der Waals surface area contributed by atoms with Crippen molar-refractivity contribution in [3.05, 3.63) is 47.5 Å². The van der Waals surface area contributed by atoms with Gasteiger partial charge in [-0.1, -0.05) is 50.3 Å². The lowest BCUT2D eigenvalue weighted by atomic mass is 9.75. The number of benzene rings is 1. The zero-order chi connectivity index (χ0) is 12.4. The van der Waals surface area contributed by atoms with Crippen molar-refractivity contribution in [2.75, 3.05) is 0 Å². The summed E-state index contributed by atoms with van der Waals surface area (Å²) < 4.78 is 0. The summed E-state index contributed by atoms with van der Waals surface area (Å²) in [5.74, 6) is 1.48.